The lowest BCUT2D eigenvalue weighted by atomic mass is 9.54. The van der Waals surface area contributed by atoms with Gasteiger partial charge in [0, 0.05) is 25.2 Å². The van der Waals surface area contributed by atoms with E-state index in [1.165, 1.54) is 29.4 Å². The van der Waals surface area contributed by atoms with Crippen molar-refractivity contribution in [3.05, 3.63) is 35.9 Å². The number of urea groups is 2. The van der Waals surface area contributed by atoms with Crippen LogP contribution in [-0.4, -0.2) is 99.2 Å². The van der Waals surface area contributed by atoms with Crippen LogP contribution in [0, 0.1) is 5.41 Å². The maximum atomic E-state index is 13.4. The summed E-state index contributed by atoms with van der Waals surface area (Å²) in [5.41, 5.74) is 1.49. The second-order valence-corrected chi connectivity index (χ2v) is 14.8. The summed E-state index contributed by atoms with van der Waals surface area (Å²) in [4.78, 5) is 68.5. The topological polar surface area (TPSA) is 124 Å². The van der Waals surface area contributed by atoms with Gasteiger partial charge in [-0.15, -0.1) is 0 Å². The standard InChI is InChI=1S/C34H46N6O6/c41-30(28-13-9-25-19-37(28)32(43)39(25)45-21-22-5-2-1-3-6-22)35-23-7-11-27(12-8-23)46-40-26-10-14-29(38(20-26)33(40)44)31(42)36-24-17-34(18-24)15-4-16-34/h1-3,5-6,23-29H,4,7-21H2,(H,35,41)(H,36,42)/t23?,25-,26-,27?,28+,29+/m1/s1. The quantitative estimate of drug-likeness (QED) is 0.429. The summed E-state index contributed by atoms with van der Waals surface area (Å²) in [5, 5.41) is 9.41. The molecule has 12 nitrogen and oxygen atoms in total. The van der Waals surface area contributed by atoms with Gasteiger partial charge < -0.3 is 20.4 Å². The molecule has 4 bridgehead atoms. The summed E-state index contributed by atoms with van der Waals surface area (Å²) in [7, 11) is 0. The van der Waals surface area contributed by atoms with Crippen LogP contribution in [0.4, 0.5) is 9.59 Å². The van der Waals surface area contributed by atoms with Gasteiger partial charge >= 0.3 is 12.1 Å². The second-order valence-electron chi connectivity index (χ2n) is 14.8. The molecule has 7 aliphatic rings. The van der Waals surface area contributed by atoms with E-state index >= 15 is 0 Å². The summed E-state index contributed by atoms with van der Waals surface area (Å²) in [5.74, 6) is -0.118. The van der Waals surface area contributed by atoms with E-state index in [0.29, 0.717) is 38.0 Å². The zero-order valence-electron chi connectivity index (χ0n) is 26.5. The summed E-state index contributed by atoms with van der Waals surface area (Å²) >= 11 is 0. The zero-order valence-corrected chi connectivity index (χ0v) is 26.5. The summed E-state index contributed by atoms with van der Waals surface area (Å²) < 4.78 is 0. The van der Waals surface area contributed by atoms with Gasteiger partial charge in [0.2, 0.25) is 11.8 Å². The van der Waals surface area contributed by atoms with Crippen LogP contribution in [0.25, 0.3) is 0 Å². The highest BCUT2D eigenvalue weighted by atomic mass is 16.7. The first-order valence-electron chi connectivity index (χ1n) is 17.5. The molecule has 248 valence electrons. The summed E-state index contributed by atoms with van der Waals surface area (Å²) in [6.07, 6.45) is 11.7. The molecule has 0 unspecified atom stereocenters. The molecule has 0 aromatic heterocycles. The van der Waals surface area contributed by atoms with Gasteiger partial charge in [-0.25, -0.2) is 9.59 Å². The highest BCUT2D eigenvalue weighted by Crippen LogP contribution is 2.55. The van der Waals surface area contributed by atoms with Crippen LogP contribution in [0.3, 0.4) is 0 Å². The first-order valence-corrected chi connectivity index (χ1v) is 17.5. The Morgan fingerprint density at radius 2 is 1.33 bits per heavy atom. The fourth-order valence-electron chi connectivity index (χ4n) is 9.07. The predicted octanol–water partition coefficient (Wildman–Crippen LogP) is 3.46. The molecule has 46 heavy (non-hydrogen) atoms. The van der Waals surface area contributed by atoms with Crippen molar-refractivity contribution in [3.8, 4) is 0 Å². The number of benzene rings is 1. The Hall–Kier alpha value is -3.38. The number of carbonyl (C=O) groups excluding carboxylic acids is 4. The maximum Gasteiger partial charge on any atom is 0.345 e. The molecule has 1 spiro atoms. The first kappa shape index (κ1) is 30.0. The van der Waals surface area contributed by atoms with Gasteiger partial charge in [0.1, 0.15) is 18.7 Å². The number of hydrogen-bond acceptors (Lipinski definition) is 6. The number of hydroxylamine groups is 4. The molecule has 4 heterocycles. The Kier molecular flexibility index (Phi) is 7.83. The minimum Gasteiger partial charge on any atom is -0.352 e. The van der Waals surface area contributed by atoms with Gasteiger partial charge in [0.05, 0.1) is 18.2 Å². The van der Waals surface area contributed by atoms with Crippen LogP contribution in [0.5, 0.6) is 0 Å². The normalized spacial score (nSPS) is 33.2. The van der Waals surface area contributed by atoms with Gasteiger partial charge in [-0.05, 0) is 88.0 Å². The lowest BCUT2D eigenvalue weighted by Crippen LogP contribution is -2.58. The van der Waals surface area contributed by atoms with Gasteiger partial charge in [-0.3, -0.25) is 19.3 Å². The fraction of sp³-hybridized carbons (Fsp3) is 0.706. The van der Waals surface area contributed by atoms with Crippen molar-refractivity contribution in [1.82, 2.24) is 30.6 Å². The molecule has 3 aliphatic carbocycles. The molecule has 6 amide bonds. The minimum absolute atomic E-state index is 0.00382. The molecular weight excluding hydrogens is 588 g/mol. The number of carbonyl (C=O) groups is 4. The molecule has 12 heteroatoms. The molecule has 4 aliphatic heterocycles. The Morgan fingerprint density at radius 3 is 1.93 bits per heavy atom. The summed E-state index contributed by atoms with van der Waals surface area (Å²) in [6, 6.07) is 8.60. The highest BCUT2D eigenvalue weighted by molar-refractivity contribution is 5.89. The monoisotopic (exact) mass is 634 g/mol. The number of rotatable bonds is 9. The molecule has 8 rings (SSSR count). The molecule has 4 atom stereocenters. The Bertz CT molecular complexity index is 1340. The number of amides is 6. The third-order valence-corrected chi connectivity index (χ3v) is 11.9. The molecule has 1 aromatic carbocycles. The van der Waals surface area contributed by atoms with Crippen molar-refractivity contribution in [1.29, 1.82) is 0 Å². The number of piperidine rings is 2. The molecule has 0 radical (unpaired) electrons. The molecule has 1 aromatic rings. The van der Waals surface area contributed by atoms with Gasteiger partial charge in [-0.1, -0.05) is 36.8 Å². The van der Waals surface area contributed by atoms with Gasteiger partial charge in [0.15, 0.2) is 0 Å². The van der Waals surface area contributed by atoms with E-state index in [-0.39, 0.29) is 54.1 Å². The lowest BCUT2D eigenvalue weighted by Gasteiger charge is -2.54. The third kappa shape index (κ3) is 5.51. The van der Waals surface area contributed by atoms with E-state index < -0.39 is 12.1 Å². The SMILES string of the molecule is O=C(NC1CCC(ON2C(=O)N3C[C@H]2CC[C@H]3C(=O)NC2CC3(CCC3)C2)CC1)[C@@H]1CC[C@@H]2CN1C(=O)N2OCc1ccccc1. The Morgan fingerprint density at radius 1 is 0.739 bits per heavy atom. The predicted molar refractivity (Wildman–Crippen MR) is 165 cm³/mol. The minimum atomic E-state index is -0.493. The Balaban J connectivity index is 0.782. The van der Waals surface area contributed by atoms with Crippen LogP contribution in [0.15, 0.2) is 30.3 Å². The number of fused-ring (bicyclic) bond motifs is 4. The van der Waals surface area contributed by atoms with E-state index in [9.17, 15) is 19.2 Å². The van der Waals surface area contributed by atoms with Gasteiger partial charge in [-0.2, -0.15) is 10.1 Å². The average molecular weight is 635 g/mol. The highest BCUT2D eigenvalue weighted by Gasteiger charge is 2.52. The van der Waals surface area contributed by atoms with Crippen molar-refractivity contribution in [3.63, 3.8) is 0 Å². The van der Waals surface area contributed by atoms with Gasteiger partial charge in [0.25, 0.3) is 0 Å². The van der Waals surface area contributed by atoms with E-state index in [1.807, 2.05) is 30.3 Å². The first-order chi connectivity index (χ1) is 22.4. The van der Waals surface area contributed by atoms with Crippen molar-refractivity contribution in [2.75, 3.05) is 13.1 Å². The van der Waals surface area contributed by atoms with Crippen LogP contribution >= 0.6 is 0 Å². The maximum absolute atomic E-state index is 13.4. The molecular formula is C34H46N6O6. The number of nitrogens with one attached hydrogen (secondary N) is 2. The second kappa shape index (κ2) is 12.0. The van der Waals surface area contributed by atoms with E-state index in [1.54, 1.807) is 9.80 Å². The number of hydrogen-bond donors (Lipinski definition) is 2. The molecule has 7 fully saturated rings. The van der Waals surface area contributed by atoms with Crippen LogP contribution in [-0.2, 0) is 25.9 Å². The molecule has 2 N–H and O–H groups in total. The van der Waals surface area contributed by atoms with E-state index in [2.05, 4.69) is 10.6 Å². The fourth-order valence-corrected chi connectivity index (χ4v) is 9.07. The zero-order chi connectivity index (χ0) is 31.4. The third-order valence-electron chi connectivity index (χ3n) is 11.9. The summed E-state index contributed by atoms with van der Waals surface area (Å²) in [6.45, 7) is 1.35. The van der Waals surface area contributed by atoms with Crippen molar-refractivity contribution in [2.45, 2.75) is 132 Å². The van der Waals surface area contributed by atoms with Crippen molar-refractivity contribution >= 4 is 23.9 Å². The van der Waals surface area contributed by atoms with E-state index in [4.69, 9.17) is 9.68 Å². The molecule has 4 saturated heterocycles. The smallest absolute Gasteiger partial charge is 0.345 e. The number of nitrogens with zero attached hydrogens (tertiary/aromatic N) is 4. The van der Waals surface area contributed by atoms with Crippen LogP contribution < -0.4 is 10.6 Å². The lowest BCUT2D eigenvalue weighted by molar-refractivity contribution is -0.180. The van der Waals surface area contributed by atoms with E-state index in [0.717, 1.165) is 56.9 Å². The van der Waals surface area contributed by atoms with Crippen molar-refractivity contribution < 1.29 is 28.9 Å². The van der Waals surface area contributed by atoms with Crippen LogP contribution in [0.2, 0.25) is 0 Å². The van der Waals surface area contributed by atoms with Crippen molar-refractivity contribution in [2.24, 2.45) is 5.41 Å². The Labute approximate surface area is 270 Å². The largest absolute Gasteiger partial charge is 0.352 e. The van der Waals surface area contributed by atoms with Crippen LogP contribution in [0.1, 0.15) is 89.0 Å². The average Bonchev–Trinajstić information content (AvgIpc) is 3.41. The molecule has 3 saturated carbocycles.